The Hall–Kier alpha value is -1.62. The smallest absolute Gasteiger partial charge is 0.223 e. The van der Waals surface area contributed by atoms with Crippen LogP contribution < -0.4 is 11.1 Å². The minimum Gasteiger partial charge on any atom is -0.399 e. The maximum absolute atomic E-state index is 5.74. The molecule has 2 aromatic rings. The van der Waals surface area contributed by atoms with Gasteiger partial charge in [-0.2, -0.15) is 0 Å². The third-order valence-electron chi connectivity index (χ3n) is 2.38. The molecule has 1 unspecified atom stereocenters. The van der Waals surface area contributed by atoms with E-state index in [1.54, 1.807) is 12.4 Å². The van der Waals surface area contributed by atoms with Gasteiger partial charge in [0.1, 0.15) is 0 Å². The predicted octanol–water partition coefficient (Wildman–Crippen LogP) is 2.99. The van der Waals surface area contributed by atoms with Gasteiger partial charge in [0, 0.05) is 18.1 Å². The minimum atomic E-state index is 0.111. The third kappa shape index (κ3) is 3.17. The molecule has 1 aromatic heterocycles. The van der Waals surface area contributed by atoms with Gasteiger partial charge >= 0.3 is 0 Å². The van der Waals surface area contributed by atoms with E-state index in [1.165, 1.54) is 0 Å². The molecule has 0 saturated carbocycles. The molecule has 0 radical (unpaired) electrons. The van der Waals surface area contributed by atoms with Gasteiger partial charge in [-0.05, 0) is 40.5 Å². The van der Waals surface area contributed by atoms with Gasteiger partial charge in [-0.25, -0.2) is 9.97 Å². The van der Waals surface area contributed by atoms with Gasteiger partial charge in [-0.3, -0.25) is 0 Å². The fraction of sp³-hybridized carbons (Fsp3) is 0.167. The van der Waals surface area contributed by atoms with E-state index < -0.39 is 0 Å². The van der Waals surface area contributed by atoms with Crippen molar-refractivity contribution in [2.45, 2.75) is 13.0 Å². The maximum Gasteiger partial charge on any atom is 0.223 e. The van der Waals surface area contributed by atoms with Crippen molar-refractivity contribution in [1.29, 1.82) is 0 Å². The molecule has 0 fully saturated rings. The Morgan fingerprint density at radius 1 is 1.29 bits per heavy atom. The van der Waals surface area contributed by atoms with Crippen molar-refractivity contribution in [1.82, 2.24) is 9.97 Å². The maximum atomic E-state index is 5.74. The van der Waals surface area contributed by atoms with Crippen LogP contribution >= 0.6 is 15.9 Å². The highest BCUT2D eigenvalue weighted by Crippen LogP contribution is 2.19. The predicted molar refractivity (Wildman–Crippen MR) is 72.6 cm³/mol. The molecule has 88 valence electrons. The zero-order valence-corrected chi connectivity index (χ0v) is 11.0. The summed E-state index contributed by atoms with van der Waals surface area (Å²) in [5, 5.41) is 3.21. The van der Waals surface area contributed by atoms with E-state index in [4.69, 9.17) is 5.73 Å². The molecule has 4 nitrogen and oxygen atoms in total. The number of nitrogens with zero attached hydrogens (tertiary/aromatic N) is 2. The number of rotatable bonds is 3. The standard InChI is InChI=1S/C12H13BrN4/c1-8(9-3-2-4-11(14)5-9)17-12-15-6-10(13)7-16-12/h2-8H,14H2,1H3,(H,15,16,17). The van der Waals surface area contributed by atoms with Crippen LogP contribution in [0.4, 0.5) is 11.6 Å². The molecule has 1 aromatic carbocycles. The lowest BCUT2D eigenvalue weighted by Crippen LogP contribution is -2.09. The van der Waals surface area contributed by atoms with Crippen LogP contribution in [0.3, 0.4) is 0 Å². The number of nitrogens with one attached hydrogen (secondary N) is 1. The Labute approximate surface area is 108 Å². The molecule has 5 heteroatoms. The van der Waals surface area contributed by atoms with Gasteiger partial charge in [0.25, 0.3) is 0 Å². The van der Waals surface area contributed by atoms with Crippen LogP contribution in [0.15, 0.2) is 41.1 Å². The highest BCUT2D eigenvalue weighted by Gasteiger charge is 2.06. The van der Waals surface area contributed by atoms with Crippen molar-refractivity contribution in [3.05, 3.63) is 46.7 Å². The summed E-state index contributed by atoms with van der Waals surface area (Å²) in [6, 6.07) is 7.88. The van der Waals surface area contributed by atoms with E-state index in [1.807, 2.05) is 31.2 Å². The largest absolute Gasteiger partial charge is 0.399 e. The van der Waals surface area contributed by atoms with Gasteiger partial charge < -0.3 is 11.1 Å². The first kappa shape index (κ1) is 11.9. The number of halogens is 1. The minimum absolute atomic E-state index is 0.111. The number of nitrogen functional groups attached to an aromatic ring is 1. The second-order valence-corrected chi connectivity index (χ2v) is 4.68. The number of aromatic nitrogens is 2. The Morgan fingerprint density at radius 2 is 2.00 bits per heavy atom. The highest BCUT2D eigenvalue weighted by atomic mass is 79.9. The monoisotopic (exact) mass is 292 g/mol. The van der Waals surface area contributed by atoms with Crippen molar-refractivity contribution in [3.63, 3.8) is 0 Å². The van der Waals surface area contributed by atoms with Crippen molar-refractivity contribution in [2.24, 2.45) is 0 Å². The Bertz CT molecular complexity index is 498. The average molecular weight is 293 g/mol. The molecule has 0 bridgehead atoms. The number of hydrogen-bond donors (Lipinski definition) is 2. The molecular formula is C12H13BrN4. The molecule has 0 aliphatic heterocycles. The van der Waals surface area contributed by atoms with E-state index in [0.29, 0.717) is 5.95 Å². The summed E-state index contributed by atoms with van der Waals surface area (Å²) in [6.07, 6.45) is 3.42. The molecule has 1 heterocycles. The first-order valence-corrected chi connectivity index (χ1v) is 6.04. The summed E-state index contributed by atoms with van der Waals surface area (Å²) in [4.78, 5) is 8.33. The molecule has 1 atom stereocenters. The first-order valence-electron chi connectivity index (χ1n) is 5.24. The molecular weight excluding hydrogens is 280 g/mol. The normalized spacial score (nSPS) is 12.1. The van der Waals surface area contributed by atoms with E-state index in [-0.39, 0.29) is 6.04 Å². The van der Waals surface area contributed by atoms with E-state index in [9.17, 15) is 0 Å². The summed E-state index contributed by atoms with van der Waals surface area (Å²) in [7, 11) is 0. The lowest BCUT2D eigenvalue weighted by Gasteiger charge is -2.14. The van der Waals surface area contributed by atoms with Crippen LogP contribution in [0.1, 0.15) is 18.5 Å². The lowest BCUT2D eigenvalue weighted by atomic mass is 10.1. The van der Waals surface area contributed by atoms with Crippen LogP contribution in [-0.2, 0) is 0 Å². The molecule has 2 rings (SSSR count). The van der Waals surface area contributed by atoms with E-state index >= 15 is 0 Å². The van der Waals surface area contributed by atoms with Crippen molar-refractivity contribution in [2.75, 3.05) is 11.1 Å². The van der Waals surface area contributed by atoms with Gasteiger partial charge in [0.15, 0.2) is 0 Å². The van der Waals surface area contributed by atoms with Crippen LogP contribution in [-0.4, -0.2) is 9.97 Å². The van der Waals surface area contributed by atoms with E-state index in [0.717, 1.165) is 15.7 Å². The van der Waals surface area contributed by atoms with Crippen molar-refractivity contribution < 1.29 is 0 Å². The third-order valence-corrected chi connectivity index (χ3v) is 2.79. The van der Waals surface area contributed by atoms with E-state index in [2.05, 4.69) is 31.2 Å². The van der Waals surface area contributed by atoms with Gasteiger partial charge in [-0.1, -0.05) is 12.1 Å². The summed E-state index contributed by atoms with van der Waals surface area (Å²) in [5.41, 5.74) is 7.61. The SMILES string of the molecule is CC(Nc1ncc(Br)cn1)c1cccc(N)c1. The van der Waals surface area contributed by atoms with Crippen LogP contribution in [0.5, 0.6) is 0 Å². The summed E-state index contributed by atoms with van der Waals surface area (Å²) in [6.45, 7) is 2.04. The second kappa shape index (κ2) is 5.14. The summed E-state index contributed by atoms with van der Waals surface area (Å²) in [5.74, 6) is 0.600. The summed E-state index contributed by atoms with van der Waals surface area (Å²) >= 11 is 3.30. The number of hydrogen-bond acceptors (Lipinski definition) is 4. The highest BCUT2D eigenvalue weighted by molar-refractivity contribution is 9.10. The topological polar surface area (TPSA) is 63.8 Å². The summed E-state index contributed by atoms with van der Waals surface area (Å²) < 4.78 is 0.861. The molecule has 0 aliphatic carbocycles. The number of nitrogens with two attached hydrogens (primary N) is 1. The molecule has 0 spiro atoms. The zero-order chi connectivity index (χ0) is 12.3. The molecule has 0 aliphatic rings. The molecule has 3 N–H and O–H groups in total. The van der Waals surface area contributed by atoms with Crippen molar-refractivity contribution >= 4 is 27.6 Å². The Balaban J connectivity index is 2.11. The zero-order valence-electron chi connectivity index (χ0n) is 9.39. The van der Waals surface area contributed by atoms with Crippen molar-refractivity contribution in [3.8, 4) is 0 Å². The number of anilines is 2. The van der Waals surface area contributed by atoms with Crippen LogP contribution in [0.2, 0.25) is 0 Å². The van der Waals surface area contributed by atoms with Gasteiger partial charge in [0.05, 0.1) is 10.5 Å². The molecule has 17 heavy (non-hydrogen) atoms. The lowest BCUT2D eigenvalue weighted by molar-refractivity contribution is 0.860. The fourth-order valence-electron chi connectivity index (χ4n) is 1.49. The Kier molecular flexibility index (Phi) is 3.58. The molecule has 0 saturated heterocycles. The quantitative estimate of drug-likeness (QED) is 0.854. The molecule has 0 amide bonds. The van der Waals surface area contributed by atoms with Gasteiger partial charge in [0.2, 0.25) is 5.95 Å². The number of benzene rings is 1. The van der Waals surface area contributed by atoms with Crippen LogP contribution in [0.25, 0.3) is 0 Å². The van der Waals surface area contributed by atoms with Gasteiger partial charge in [-0.15, -0.1) is 0 Å². The fourth-order valence-corrected chi connectivity index (χ4v) is 1.70. The Morgan fingerprint density at radius 3 is 2.65 bits per heavy atom. The second-order valence-electron chi connectivity index (χ2n) is 3.76. The average Bonchev–Trinajstić information content (AvgIpc) is 2.32. The van der Waals surface area contributed by atoms with Crippen LogP contribution in [0, 0.1) is 0 Å². The first-order chi connectivity index (χ1) is 8.15.